The van der Waals surface area contributed by atoms with Crippen molar-refractivity contribution in [3.8, 4) is 0 Å². The molecule has 1 rings (SSSR count). The molecule has 0 aromatic heterocycles. The molecule has 1 aromatic rings. The lowest BCUT2D eigenvalue weighted by Gasteiger charge is -2.36. The number of nitrogens with zero attached hydrogens (tertiary/aromatic N) is 1. The fourth-order valence-corrected chi connectivity index (χ4v) is 1.87. The molecule has 0 saturated heterocycles. The number of carbonyl (C=O) groups is 1. The molecule has 0 radical (unpaired) electrons. The van der Waals surface area contributed by atoms with Crippen LogP contribution in [0.2, 0.25) is 0 Å². The van der Waals surface area contributed by atoms with Gasteiger partial charge in [0, 0.05) is 18.1 Å². The van der Waals surface area contributed by atoms with Gasteiger partial charge in [-0.1, -0.05) is 30.3 Å². The van der Waals surface area contributed by atoms with Crippen molar-refractivity contribution in [3.63, 3.8) is 0 Å². The summed E-state index contributed by atoms with van der Waals surface area (Å²) >= 11 is 0. The van der Waals surface area contributed by atoms with E-state index in [0.29, 0.717) is 6.54 Å². The van der Waals surface area contributed by atoms with Gasteiger partial charge in [-0.05, 0) is 33.4 Å². The van der Waals surface area contributed by atoms with E-state index in [4.69, 9.17) is 0 Å². The van der Waals surface area contributed by atoms with Crippen LogP contribution in [0.1, 0.15) is 32.4 Å². The second kappa shape index (κ2) is 5.87. The highest BCUT2D eigenvalue weighted by molar-refractivity contribution is 5.66. The van der Waals surface area contributed by atoms with Crippen molar-refractivity contribution in [2.45, 2.75) is 32.4 Å². The van der Waals surface area contributed by atoms with Gasteiger partial charge in [0.05, 0.1) is 0 Å². The highest BCUT2D eigenvalue weighted by atomic mass is 16.4. The number of hydrogen-bond acceptors (Lipinski definition) is 2. The monoisotopic (exact) mass is 250 g/mol. The van der Waals surface area contributed by atoms with Crippen LogP contribution in [-0.2, 0) is 0 Å². The number of nitrogens with one attached hydrogen (secondary N) is 1. The number of carboxylic acid groups (broad SMARTS) is 1. The summed E-state index contributed by atoms with van der Waals surface area (Å²) in [5.74, 6) is 0. The Morgan fingerprint density at radius 3 is 2.28 bits per heavy atom. The molecule has 0 saturated carbocycles. The summed E-state index contributed by atoms with van der Waals surface area (Å²) in [4.78, 5) is 12.8. The van der Waals surface area contributed by atoms with Crippen LogP contribution in [0.5, 0.6) is 0 Å². The van der Waals surface area contributed by atoms with E-state index in [-0.39, 0.29) is 6.04 Å². The van der Waals surface area contributed by atoms with E-state index in [1.54, 1.807) is 0 Å². The Morgan fingerprint density at radius 2 is 1.89 bits per heavy atom. The van der Waals surface area contributed by atoms with E-state index in [2.05, 4.69) is 5.32 Å². The maximum atomic E-state index is 11.3. The first-order valence-electron chi connectivity index (χ1n) is 6.09. The minimum absolute atomic E-state index is 0.00141. The molecule has 1 atom stereocenters. The Morgan fingerprint density at radius 1 is 1.33 bits per heavy atom. The third-order valence-corrected chi connectivity index (χ3v) is 2.96. The lowest BCUT2D eigenvalue weighted by molar-refractivity contribution is 0.0936. The van der Waals surface area contributed by atoms with Crippen LogP contribution in [0.25, 0.3) is 0 Å². The maximum Gasteiger partial charge on any atom is 0.407 e. The number of likely N-dealkylation sites (N-methyl/N-ethyl adjacent to an activating group) is 1. The van der Waals surface area contributed by atoms with Crippen LogP contribution in [0.3, 0.4) is 0 Å². The smallest absolute Gasteiger partial charge is 0.407 e. The van der Waals surface area contributed by atoms with Gasteiger partial charge in [0.25, 0.3) is 0 Å². The molecule has 0 fully saturated rings. The standard InChI is InChI=1S/C14H22N2O2/c1-14(2,3)16(13(17)18)10-12(15-4)11-8-6-5-7-9-11/h5-9,12,15H,10H2,1-4H3,(H,17,18)/t12-/m1/s1. The van der Waals surface area contributed by atoms with Crippen molar-refractivity contribution in [2.75, 3.05) is 13.6 Å². The van der Waals surface area contributed by atoms with E-state index in [0.717, 1.165) is 5.56 Å². The number of benzene rings is 1. The maximum absolute atomic E-state index is 11.3. The van der Waals surface area contributed by atoms with Gasteiger partial charge >= 0.3 is 6.09 Å². The summed E-state index contributed by atoms with van der Waals surface area (Å²) in [5, 5.41) is 12.5. The van der Waals surface area contributed by atoms with Gasteiger partial charge in [-0.3, -0.25) is 0 Å². The lowest BCUT2D eigenvalue weighted by atomic mass is 10.0. The topological polar surface area (TPSA) is 52.6 Å². The molecular weight excluding hydrogens is 228 g/mol. The summed E-state index contributed by atoms with van der Waals surface area (Å²) in [5.41, 5.74) is 0.686. The van der Waals surface area contributed by atoms with Crippen molar-refractivity contribution < 1.29 is 9.90 Å². The van der Waals surface area contributed by atoms with Gasteiger partial charge in [0.2, 0.25) is 0 Å². The molecule has 0 aliphatic carbocycles. The fraction of sp³-hybridized carbons (Fsp3) is 0.500. The Bertz CT molecular complexity index is 385. The van der Waals surface area contributed by atoms with Gasteiger partial charge < -0.3 is 15.3 Å². The Balaban J connectivity index is 2.88. The molecule has 2 N–H and O–H groups in total. The summed E-state index contributed by atoms with van der Waals surface area (Å²) in [7, 11) is 1.85. The van der Waals surface area contributed by atoms with E-state index in [9.17, 15) is 9.90 Å². The molecule has 0 spiro atoms. The van der Waals surface area contributed by atoms with Crippen LogP contribution in [0, 0.1) is 0 Å². The van der Waals surface area contributed by atoms with Gasteiger partial charge in [0.1, 0.15) is 0 Å². The van der Waals surface area contributed by atoms with Gasteiger partial charge in [-0.15, -0.1) is 0 Å². The van der Waals surface area contributed by atoms with Crippen molar-refractivity contribution in [2.24, 2.45) is 0 Å². The molecule has 0 aliphatic heterocycles. The SMILES string of the molecule is CN[C@H](CN(C(=O)O)C(C)(C)C)c1ccccc1. The zero-order chi connectivity index (χ0) is 13.8. The zero-order valence-electron chi connectivity index (χ0n) is 11.5. The van der Waals surface area contributed by atoms with Gasteiger partial charge in [-0.2, -0.15) is 0 Å². The molecule has 0 unspecified atom stereocenters. The Kier molecular flexibility index (Phi) is 4.73. The molecule has 0 bridgehead atoms. The molecule has 1 amide bonds. The normalized spacial score (nSPS) is 13.1. The van der Waals surface area contributed by atoms with E-state index >= 15 is 0 Å². The molecule has 4 heteroatoms. The van der Waals surface area contributed by atoms with Crippen LogP contribution in [0.15, 0.2) is 30.3 Å². The predicted octanol–water partition coefficient (Wildman–Crippen LogP) is 2.73. The molecule has 4 nitrogen and oxygen atoms in total. The quantitative estimate of drug-likeness (QED) is 0.864. The highest BCUT2D eigenvalue weighted by Crippen LogP contribution is 2.20. The predicted molar refractivity (Wildman–Crippen MR) is 72.7 cm³/mol. The first-order chi connectivity index (χ1) is 8.36. The number of amides is 1. The summed E-state index contributed by atoms with van der Waals surface area (Å²) in [6.45, 7) is 6.13. The minimum atomic E-state index is -0.890. The summed E-state index contributed by atoms with van der Waals surface area (Å²) < 4.78 is 0. The van der Waals surface area contributed by atoms with E-state index in [1.807, 2.05) is 58.2 Å². The van der Waals surface area contributed by atoms with Crippen molar-refractivity contribution in [1.29, 1.82) is 0 Å². The summed E-state index contributed by atoms with van der Waals surface area (Å²) in [6.07, 6.45) is -0.890. The fourth-order valence-electron chi connectivity index (χ4n) is 1.87. The second-order valence-electron chi connectivity index (χ2n) is 5.32. The zero-order valence-corrected chi connectivity index (χ0v) is 11.5. The average molecular weight is 250 g/mol. The average Bonchev–Trinajstić information content (AvgIpc) is 2.29. The lowest BCUT2D eigenvalue weighted by Crippen LogP contribution is -2.48. The molecule has 0 heterocycles. The molecule has 18 heavy (non-hydrogen) atoms. The van der Waals surface area contributed by atoms with Crippen LogP contribution in [0.4, 0.5) is 4.79 Å². The first kappa shape index (κ1) is 14.5. The molecule has 0 aliphatic rings. The second-order valence-corrected chi connectivity index (χ2v) is 5.32. The number of hydrogen-bond donors (Lipinski definition) is 2. The largest absolute Gasteiger partial charge is 0.465 e. The van der Waals surface area contributed by atoms with Crippen LogP contribution < -0.4 is 5.32 Å². The number of rotatable bonds is 4. The minimum Gasteiger partial charge on any atom is -0.465 e. The van der Waals surface area contributed by atoms with Gasteiger partial charge in [0.15, 0.2) is 0 Å². The Labute approximate surface area is 109 Å². The molecule has 1 aromatic carbocycles. The van der Waals surface area contributed by atoms with E-state index < -0.39 is 11.6 Å². The Hall–Kier alpha value is -1.55. The van der Waals surface area contributed by atoms with Crippen LogP contribution in [-0.4, -0.2) is 35.2 Å². The third-order valence-electron chi connectivity index (χ3n) is 2.96. The molecular formula is C14H22N2O2. The van der Waals surface area contributed by atoms with Crippen molar-refractivity contribution >= 4 is 6.09 Å². The van der Waals surface area contributed by atoms with Gasteiger partial charge in [-0.25, -0.2) is 4.79 Å². The van der Waals surface area contributed by atoms with Crippen LogP contribution >= 0.6 is 0 Å². The summed E-state index contributed by atoms with van der Waals surface area (Å²) in [6, 6.07) is 9.88. The molecule has 100 valence electrons. The van der Waals surface area contributed by atoms with E-state index in [1.165, 1.54) is 4.90 Å². The van der Waals surface area contributed by atoms with Crippen molar-refractivity contribution in [1.82, 2.24) is 10.2 Å². The van der Waals surface area contributed by atoms with Crippen molar-refractivity contribution in [3.05, 3.63) is 35.9 Å². The third kappa shape index (κ3) is 3.74. The highest BCUT2D eigenvalue weighted by Gasteiger charge is 2.28. The first-order valence-corrected chi connectivity index (χ1v) is 6.09.